The summed E-state index contributed by atoms with van der Waals surface area (Å²) in [5.74, 6) is 2.67. The first-order valence-corrected chi connectivity index (χ1v) is 10.3. The zero-order chi connectivity index (χ0) is 14.5. The lowest BCUT2D eigenvalue weighted by molar-refractivity contribution is 0.0472. The second kappa shape index (κ2) is 7.67. The van der Waals surface area contributed by atoms with Crippen molar-refractivity contribution in [3.63, 3.8) is 0 Å². The maximum Gasteiger partial charge on any atom is 0.0309 e. The summed E-state index contributed by atoms with van der Waals surface area (Å²) in [5.41, 5.74) is 0.460. The highest BCUT2D eigenvalue weighted by Gasteiger charge is 2.39. The molecule has 21 heavy (non-hydrogen) atoms. The molecule has 1 spiro atoms. The Morgan fingerprint density at radius 3 is 2.57 bits per heavy atom. The maximum absolute atomic E-state index is 3.94. The molecule has 2 heterocycles. The molecule has 0 bridgehead atoms. The number of nitrogens with one attached hydrogen (secondary N) is 1. The van der Waals surface area contributed by atoms with Gasteiger partial charge in [-0.15, -0.1) is 0 Å². The highest BCUT2D eigenvalue weighted by Crippen LogP contribution is 2.32. The van der Waals surface area contributed by atoms with Crippen molar-refractivity contribution in [1.29, 1.82) is 0 Å². The fourth-order valence-electron chi connectivity index (χ4n) is 4.36. The molecule has 0 amide bonds. The molecule has 1 aliphatic carbocycles. The molecule has 0 radical (unpaired) electrons. The lowest BCUT2D eigenvalue weighted by atomic mass is 9.79. The molecular weight excluding hydrogens is 278 g/mol. The normalized spacial score (nSPS) is 31.6. The number of hydrogen-bond acceptors (Lipinski definition) is 4. The first kappa shape index (κ1) is 16.1. The van der Waals surface area contributed by atoms with Gasteiger partial charge in [0.25, 0.3) is 0 Å². The lowest BCUT2D eigenvalue weighted by Crippen LogP contribution is -2.65. The fourth-order valence-corrected chi connectivity index (χ4v) is 5.34. The molecular formula is C17H33N3S. The average molecular weight is 312 g/mol. The quantitative estimate of drug-likeness (QED) is 0.859. The van der Waals surface area contributed by atoms with E-state index in [9.17, 15) is 0 Å². The Bertz CT molecular complexity index is 311. The zero-order valence-electron chi connectivity index (χ0n) is 13.8. The summed E-state index contributed by atoms with van der Waals surface area (Å²) >= 11 is 2.12. The molecule has 3 fully saturated rings. The lowest BCUT2D eigenvalue weighted by Gasteiger charge is -2.50. The van der Waals surface area contributed by atoms with E-state index in [0.29, 0.717) is 5.54 Å². The van der Waals surface area contributed by atoms with E-state index >= 15 is 0 Å². The second-order valence-electron chi connectivity index (χ2n) is 7.21. The van der Waals surface area contributed by atoms with Crippen LogP contribution in [0.1, 0.15) is 45.4 Å². The van der Waals surface area contributed by atoms with Crippen LogP contribution in [0.2, 0.25) is 0 Å². The van der Waals surface area contributed by atoms with Crippen LogP contribution in [0.5, 0.6) is 0 Å². The predicted octanol–water partition coefficient (Wildman–Crippen LogP) is 2.42. The van der Waals surface area contributed by atoms with Gasteiger partial charge in [-0.2, -0.15) is 11.8 Å². The van der Waals surface area contributed by atoms with Gasteiger partial charge in [0.15, 0.2) is 0 Å². The Balaban J connectivity index is 1.54. The van der Waals surface area contributed by atoms with E-state index < -0.39 is 0 Å². The minimum absolute atomic E-state index is 0.460. The van der Waals surface area contributed by atoms with Gasteiger partial charge in [0.05, 0.1) is 0 Å². The summed E-state index contributed by atoms with van der Waals surface area (Å²) in [6.07, 6.45) is 8.41. The van der Waals surface area contributed by atoms with Crippen molar-refractivity contribution in [2.45, 2.75) is 57.0 Å². The molecule has 1 N–H and O–H groups in total. The van der Waals surface area contributed by atoms with E-state index in [2.05, 4.69) is 33.8 Å². The van der Waals surface area contributed by atoms with Crippen LogP contribution in [0, 0.1) is 0 Å². The van der Waals surface area contributed by atoms with Gasteiger partial charge in [0.2, 0.25) is 0 Å². The molecule has 122 valence electrons. The monoisotopic (exact) mass is 311 g/mol. The zero-order valence-corrected chi connectivity index (χ0v) is 14.6. The first-order valence-electron chi connectivity index (χ1n) is 9.10. The molecule has 1 atom stereocenters. The van der Waals surface area contributed by atoms with Crippen molar-refractivity contribution in [3.05, 3.63) is 0 Å². The third-order valence-electron chi connectivity index (χ3n) is 5.82. The van der Waals surface area contributed by atoms with E-state index in [1.54, 1.807) is 0 Å². The molecule has 1 saturated carbocycles. The van der Waals surface area contributed by atoms with Crippen LogP contribution in [0.15, 0.2) is 0 Å². The van der Waals surface area contributed by atoms with Crippen LogP contribution in [0.3, 0.4) is 0 Å². The van der Waals surface area contributed by atoms with Crippen LogP contribution in [0.4, 0.5) is 0 Å². The number of piperazine rings is 1. The average Bonchev–Trinajstić information content (AvgIpc) is 2.55. The molecule has 4 heteroatoms. The molecule has 3 nitrogen and oxygen atoms in total. The van der Waals surface area contributed by atoms with Gasteiger partial charge in [-0.25, -0.2) is 0 Å². The SMILES string of the molecule is CCC1CNC2(CCCCC2)CN1CCN1CCSCC1. The Morgan fingerprint density at radius 2 is 1.86 bits per heavy atom. The van der Waals surface area contributed by atoms with Crippen molar-refractivity contribution >= 4 is 11.8 Å². The van der Waals surface area contributed by atoms with Crippen LogP contribution in [-0.4, -0.2) is 72.2 Å². The van der Waals surface area contributed by atoms with E-state index in [4.69, 9.17) is 0 Å². The van der Waals surface area contributed by atoms with Gasteiger partial charge in [-0.05, 0) is 19.3 Å². The predicted molar refractivity (Wildman–Crippen MR) is 93.2 cm³/mol. The molecule has 0 aromatic heterocycles. The van der Waals surface area contributed by atoms with Crippen LogP contribution in [0.25, 0.3) is 0 Å². The first-order chi connectivity index (χ1) is 10.3. The molecule has 2 aliphatic heterocycles. The summed E-state index contributed by atoms with van der Waals surface area (Å²) in [4.78, 5) is 5.50. The van der Waals surface area contributed by atoms with Gasteiger partial charge in [-0.1, -0.05) is 26.2 Å². The van der Waals surface area contributed by atoms with Crippen molar-refractivity contribution in [1.82, 2.24) is 15.1 Å². The van der Waals surface area contributed by atoms with E-state index in [0.717, 1.165) is 6.04 Å². The molecule has 3 rings (SSSR count). The summed E-state index contributed by atoms with van der Waals surface area (Å²) in [5, 5.41) is 3.94. The van der Waals surface area contributed by atoms with Crippen molar-refractivity contribution in [2.75, 3.05) is 50.8 Å². The van der Waals surface area contributed by atoms with Gasteiger partial charge in [-0.3, -0.25) is 4.90 Å². The number of nitrogens with zero attached hydrogens (tertiary/aromatic N) is 2. The topological polar surface area (TPSA) is 18.5 Å². The molecule has 3 aliphatic rings. The molecule has 2 saturated heterocycles. The van der Waals surface area contributed by atoms with Gasteiger partial charge in [0.1, 0.15) is 0 Å². The number of hydrogen-bond donors (Lipinski definition) is 1. The molecule has 1 unspecified atom stereocenters. The second-order valence-corrected chi connectivity index (χ2v) is 8.43. The summed E-state index contributed by atoms with van der Waals surface area (Å²) in [7, 11) is 0. The minimum Gasteiger partial charge on any atom is -0.308 e. The van der Waals surface area contributed by atoms with E-state index in [-0.39, 0.29) is 0 Å². The van der Waals surface area contributed by atoms with Crippen molar-refractivity contribution in [3.8, 4) is 0 Å². The fraction of sp³-hybridized carbons (Fsp3) is 1.00. The van der Waals surface area contributed by atoms with Gasteiger partial charge < -0.3 is 10.2 Å². The Morgan fingerprint density at radius 1 is 1.10 bits per heavy atom. The summed E-state index contributed by atoms with van der Waals surface area (Å²) < 4.78 is 0. The number of rotatable bonds is 4. The Hall–Kier alpha value is 0.230. The van der Waals surface area contributed by atoms with Crippen molar-refractivity contribution in [2.24, 2.45) is 0 Å². The molecule has 0 aromatic carbocycles. The summed E-state index contributed by atoms with van der Waals surface area (Å²) in [6, 6.07) is 0.761. The Labute approximate surface area is 135 Å². The highest BCUT2D eigenvalue weighted by molar-refractivity contribution is 7.99. The van der Waals surface area contributed by atoms with Crippen LogP contribution in [-0.2, 0) is 0 Å². The van der Waals surface area contributed by atoms with Crippen LogP contribution < -0.4 is 5.32 Å². The number of thioether (sulfide) groups is 1. The minimum atomic E-state index is 0.460. The van der Waals surface area contributed by atoms with Gasteiger partial charge in [0, 0.05) is 62.4 Å². The maximum atomic E-state index is 3.94. The largest absolute Gasteiger partial charge is 0.308 e. The Kier molecular flexibility index (Phi) is 5.88. The van der Waals surface area contributed by atoms with Gasteiger partial charge >= 0.3 is 0 Å². The summed E-state index contributed by atoms with van der Waals surface area (Å²) in [6.45, 7) is 10.0. The van der Waals surface area contributed by atoms with E-state index in [1.165, 1.54) is 89.3 Å². The third kappa shape index (κ3) is 4.15. The smallest absolute Gasteiger partial charge is 0.0309 e. The third-order valence-corrected chi connectivity index (χ3v) is 6.77. The highest BCUT2D eigenvalue weighted by atomic mass is 32.2. The van der Waals surface area contributed by atoms with E-state index in [1.807, 2.05) is 0 Å². The molecule has 0 aromatic rings. The standard InChI is InChI=1S/C17H33N3S/c1-2-16-14-18-17(6-4-3-5-7-17)15-20(16)9-8-19-10-12-21-13-11-19/h16,18H,2-15H2,1H3. The van der Waals surface area contributed by atoms with Crippen LogP contribution >= 0.6 is 11.8 Å². The van der Waals surface area contributed by atoms with Crippen molar-refractivity contribution < 1.29 is 0 Å².